The molecule has 5 nitrogen and oxygen atoms in total. The van der Waals surface area contributed by atoms with Gasteiger partial charge in [-0.3, -0.25) is 4.79 Å². The second-order valence-electron chi connectivity index (χ2n) is 5.54. The van der Waals surface area contributed by atoms with Crippen molar-refractivity contribution < 1.29 is 9.32 Å². The molecule has 0 bridgehead atoms. The van der Waals surface area contributed by atoms with Crippen molar-refractivity contribution in [3.63, 3.8) is 0 Å². The predicted molar refractivity (Wildman–Crippen MR) is 93.8 cm³/mol. The first-order valence-electron chi connectivity index (χ1n) is 7.89. The molecule has 124 valence electrons. The molecule has 24 heavy (non-hydrogen) atoms. The molecule has 0 saturated carbocycles. The Morgan fingerprint density at radius 2 is 2.04 bits per heavy atom. The number of nitrogens with zero attached hydrogens (tertiary/aromatic N) is 2. The van der Waals surface area contributed by atoms with E-state index in [0.717, 1.165) is 27.7 Å². The zero-order chi connectivity index (χ0) is 16.8. The minimum Gasteiger partial charge on any atom is -0.361 e. The zero-order valence-electron chi connectivity index (χ0n) is 13.5. The molecule has 0 fully saturated rings. The first-order chi connectivity index (χ1) is 11.7. The molecule has 1 amide bonds. The average Bonchev–Trinajstić information content (AvgIpc) is 3.23. The third kappa shape index (κ3) is 4.52. The van der Waals surface area contributed by atoms with Crippen molar-refractivity contribution in [1.29, 1.82) is 0 Å². The molecule has 0 saturated heterocycles. The SMILES string of the molecule is Cc1cc(CCNC(=O)CCc2csc(-c3ccccc3)n2)no1. The number of thiazole rings is 1. The summed E-state index contributed by atoms with van der Waals surface area (Å²) < 4.78 is 5.00. The van der Waals surface area contributed by atoms with Gasteiger partial charge in [0.2, 0.25) is 5.91 Å². The number of carbonyl (C=O) groups excluding carboxylic acids is 1. The van der Waals surface area contributed by atoms with Gasteiger partial charge in [-0.05, 0) is 13.3 Å². The van der Waals surface area contributed by atoms with Crippen molar-refractivity contribution in [3.8, 4) is 10.6 Å². The molecular weight excluding hydrogens is 322 g/mol. The lowest BCUT2D eigenvalue weighted by molar-refractivity contribution is -0.121. The fraction of sp³-hybridized carbons (Fsp3) is 0.278. The Kier molecular flexibility index (Phi) is 5.38. The first kappa shape index (κ1) is 16.4. The van der Waals surface area contributed by atoms with Gasteiger partial charge in [0, 0.05) is 36.4 Å². The van der Waals surface area contributed by atoms with Crippen molar-refractivity contribution in [2.45, 2.75) is 26.2 Å². The van der Waals surface area contributed by atoms with Gasteiger partial charge >= 0.3 is 0 Å². The molecule has 0 aliphatic carbocycles. The Morgan fingerprint density at radius 3 is 2.79 bits per heavy atom. The van der Waals surface area contributed by atoms with Crippen molar-refractivity contribution in [3.05, 3.63) is 58.9 Å². The highest BCUT2D eigenvalue weighted by Gasteiger charge is 2.07. The second-order valence-corrected chi connectivity index (χ2v) is 6.40. The molecule has 2 heterocycles. The summed E-state index contributed by atoms with van der Waals surface area (Å²) >= 11 is 1.61. The van der Waals surface area contributed by atoms with E-state index in [4.69, 9.17) is 4.52 Å². The van der Waals surface area contributed by atoms with Gasteiger partial charge in [-0.25, -0.2) is 4.98 Å². The van der Waals surface area contributed by atoms with Crippen LogP contribution >= 0.6 is 11.3 Å². The van der Waals surface area contributed by atoms with E-state index in [9.17, 15) is 4.79 Å². The van der Waals surface area contributed by atoms with Crippen molar-refractivity contribution in [1.82, 2.24) is 15.5 Å². The summed E-state index contributed by atoms with van der Waals surface area (Å²) in [4.78, 5) is 16.5. The van der Waals surface area contributed by atoms with E-state index >= 15 is 0 Å². The Labute approximate surface area is 144 Å². The quantitative estimate of drug-likeness (QED) is 0.715. The summed E-state index contributed by atoms with van der Waals surface area (Å²) in [6.07, 6.45) is 1.77. The molecule has 3 aromatic rings. The fourth-order valence-corrected chi connectivity index (χ4v) is 3.19. The number of carbonyl (C=O) groups is 1. The lowest BCUT2D eigenvalue weighted by Crippen LogP contribution is -2.25. The fourth-order valence-electron chi connectivity index (χ4n) is 2.33. The van der Waals surface area contributed by atoms with E-state index < -0.39 is 0 Å². The highest BCUT2D eigenvalue weighted by Crippen LogP contribution is 2.23. The topological polar surface area (TPSA) is 68.0 Å². The van der Waals surface area contributed by atoms with Crippen LogP contribution in [0.5, 0.6) is 0 Å². The smallest absolute Gasteiger partial charge is 0.220 e. The highest BCUT2D eigenvalue weighted by atomic mass is 32.1. The normalized spacial score (nSPS) is 10.7. The van der Waals surface area contributed by atoms with Gasteiger partial charge in [-0.15, -0.1) is 11.3 Å². The van der Waals surface area contributed by atoms with Gasteiger partial charge in [0.25, 0.3) is 0 Å². The van der Waals surface area contributed by atoms with Crippen LogP contribution in [-0.4, -0.2) is 22.6 Å². The summed E-state index contributed by atoms with van der Waals surface area (Å²) in [5.74, 6) is 0.818. The average molecular weight is 341 g/mol. The zero-order valence-corrected chi connectivity index (χ0v) is 14.3. The molecule has 1 aromatic carbocycles. The summed E-state index contributed by atoms with van der Waals surface area (Å²) in [5.41, 5.74) is 2.93. The maximum atomic E-state index is 11.9. The summed E-state index contributed by atoms with van der Waals surface area (Å²) in [6.45, 7) is 2.42. The van der Waals surface area contributed by atoms with Crippen LogP contribution in [0.2, 0.25) is 0 Å². The van der Waals surface area contributed by atoms with E-state index in [1.807, 2.05) is 48.7 Å². The van der Waals surface area contributed by atoms with E-state index in [2.05, 4.69) is 15.5 Å². The highest BCUT2D eigenvalue weighted by molar-refractivity contribution is 7.13. The van der Waals surface area contributed by atoms with E-state index in [1.165, 1.54) is 0 Å². The van der Waals surface area contributed by atoms with Crippen LogP contribution in [0, 0.1) is 6.92 Å². The Morgan fingerprint density at radius 1 is 1.21 bits per heavy atom. The summed E-state index contributed by atoms with van der Waals surface area (Å²) in [7, 11) is 0. The number of hydrogen-bond donors (Lipinski definition) is 1. The molecule has 0 unspecified atom stereocenters. The maximum absolute atomic E-state index is 11.9. The van der Waals surface area contributed by atoms with Crippen molar-refractivity contribution >= 4 is 17.2 Å². The van der Waals surface area contributed by atoms with Crippen molar-refractivity contribution in [2.75, 3.05) is 6.54 Å². The number of benzene rings is 1. The molecule has 0 atom stereocenters. The number of aryl methyl sites for hydroxylation is 2. The standard InChI is InChI=1S/C18H19N3O2S/c1-13-11-15(21-23-13)9-10-19-17(22)8-7-16-12-24-18(20-16)14-5-3-2-4-6-14/h2-6,11-12H,7-10H2,1H3,(H,19,22). The third-order valence-electron chi connectivity index (χ3n) is 3.56. The monoisotopic (exact) mass is 341 g/mol. The third-order valence-corrected chi connectivity index (χ3v) is 4.50. The number of hydrogen-bond acceptors (Lipinski definition) is 5. The number of aromatic nitrogens is 2. The van der Waals surface area contributed by atoms with Gasteiger partial charge in [0.1, 0.15) is 10.8 Å². The lowest BCUT2D eigenvalue weighted by Gasteiger charge is -2.02. The van der Waals surface area contributed by atoms with Crippen LogP contribution in [-0.2, 0) is 17.6 Å². The molecule has 6 heteroatoms. The molecule has 0 aliphatic rings. The molecule has 1 N–H and O–H groups in total. The molecular formula is C18H19N3O2S. The van der Waals surface area contributed by atoms with Crippen LogP contribution in [0.4, 0.5) is 0 Å². The van der Waals surface area contributed by atoms with Crippen LogP contribution in [0.1, 0.15) is 23.6 Å². The Hall–Kier alpha value is -2.47. The van der Waals surface area contributed by atoms with Crippen molar-refractivity contribution in [2.24, 2.45) is 0 Å². The minimum absolute atomic E-state index is 0.0319. The first-order valence-corrected chi connectivity index (χ1v) is 8.77. The molecule has 0 radical (unpaired) electrons. The molecule has 0 spiro atoms. The van der Waals surface area contributed by atoms with Gasteiger partial charge in [0.15, 0.2) is 0 Å². The van der Waals surface area contributed by atoms with Gasteiger partial charge < -0.3 is 9.84 Å². The summed E-state index contributed by atoms with van der Waals surface area (Å²) in [6, 6.07) is 12.0. The van der Waals surface area contributed by atoms with E-state index in [1.54, 1.807) is 11.3 Å². The van der Waals surface area contributed by atoms with Crippen LogP contribution in [0.15, 0.2) is 46.3 Å². The van der Waals surface area contributed by atoms with Gasteiger partial charge in [-0.2, -0.15) is 0 Å². The van der Waals surface area contributed by atoms with E-state index in [0.29, 0.717) is 25.8 Å². The van der Waals surface area contributed by atoms with Crippen LogP contribution in [0.25, 0.3) is 10.6 Å². The van der Waals surface area contributed by atoms with E-state index in [-0.39, 0.29) is 5.91 Å². The lowest BCUT2D eigenvalue weighted by atomic mass is 10.2. The number of rotatable bonds is 7. The Balaban J connectivity index is 1.42. The van der Waals surface area contributed by atoms with Crippen LogP contribution < -0.4 is 5.32 Å². The Bertz CT molecular complexity index is 795. The number of amides is 1. The minimum atomic E-state index is 0.0319. The molecule has 3 rings (SSSR count). The number of nitrogens with one attached hydrogen (secondary N) is 1. The van der Waals surface area contributed by atoms with Crippen LogP contribution in [0.3, 0.4) is 0 Å². The molecule has 0 aliphatic heterocycles. The maximum Gasteiger partial charge on any atom is 0.220 e. The predicted octanol–water partition coefficient (Wildman–Crippen LogP) is 3.40. The second kappa shape index (κ2) is 7.88. The molecule has 2 aromatic heterocycles. The van der Waals surface area contributed by atoms with Gasteiger partial charge in [0.05, 0.1) is 11.4 Å². The largest absolute Gasteiger partial charge is 0.361 e. The summed E-state index contributed by atoms with van der Waals surface area (Å²) in [5, 5.41) is 9.82. The van der Waals surface area contributed by atoms with Gasteiger partial charge in [-0.1, -0.05) is 35.5 Å².